The van der Waals surface area contributed by atoms with Crippen LogP contribution in [0.3, 0.4) is 0 Å². The minimum atomic E-state index is 0.225. The van der Waals surface area contributed by atoms with Gasteiger partial charge in [0.15, 0.2) is 0 Å². The molecule has 1 aromatic heterocycles. The summed E-state index contributed by atoms with van der Waals surface area (Å²) in [4.78, 5) is 4.19. The Kier molecular flexibility index (Phi) is 4.91. The number of nitrogens with zero attached hydrogens (tertiary/aromatic N) is 1. The first kappa shape index (κ1) is 12.3. The Bertz CT molecular complexity index is 326. The molecule has 0 aromatic carbocycles. The Morgan fingerprint density at radius 2 is 2.40 bits per heavy atom. The second kappa shape index (κ2) is 5.98. The van der Waals surface area contributed by atoms with Gasteiger partial charge in [-0.05, 0) is 18.6 Å². The minimum Gasteiger partial charge on any atom is -0.388 e. The third-order valence-electron chi connectivity index (χ3n) is 1.89. The van der Waals surface area contributed by atoms with Crippen molar-refractivity contribution in [2.45, 2.75) is 30.0 Å². The van der Waals surface area contributed by atoms with E-state index >= 15 is 0 Å². The molecule has 1 rings (SSSR count). The van der Waals surface area contributed by atoms with Gasteiger partial charge in [0.25, 0.3) is 0 Å². The molecule has 0 bridgehead atoms. The van der Waals surface area contributed by atoms with Gasteiger partial charge >= 0.3 is 0 Å². The predicted octanol–water partition coefficient (Wildman–Crippen LogP) is 2.93. The quantitative estimate of drug-likeness (QED) is 0.475. The highest BCUT2D eigenvalue weighted by Crippen LogP contribution is 2.26. The molecule has 1 aromatic rings. The summed E-state index contributed by atoms with van der Waals surface area (Å²) in [7, 11) is 0. The van der Waals surface area contributed by atoms with Gasteiger partial charge in [0.1, 0.15) is 0 Å². The summed E-state index contributed by atoms with van der Waals surface area (Å²) in [5, 5.41) is 9.13. The molecule has 0 fully saturated rings. The van der Waals surface area contributed by atoms with Crippen LogP contribution < -0.4 is 5.73 Å². The molecule has 0 radical (unpaired) electrons. The minimum absolute atomic E-state index is 0.225. The Balaban J connectivity index is 2.58. The predicted molar refractivity (Wildman–Crippen MR) is 65.7 cm³/mol. The fourth-order valence-electron chi connectivity index (χ4n) is 1.12. The maximum Gasteiger partial charge on any atom is 0.0963 e. The highest BCUT2D eigenvalue weighted by atomic mass is 35.5. The molecule has 1 heterocycles. The van der Waals surface area contributed by atoms with Crippen LogP contribution in [0.2, 0.25) is 5.02 Å². The normalized spacial score (nSPS) is 12.4. The molecule has 3 nitrogen and oxygen atoms in total. The van der Waals surface area contributed by atoms with E-state index in [1.54, 1.807) is 18.0 Å². The molecule has 3 N–H and O–H groups in total. The summed E-state index contributed by atoms with van der Waals surface area (Å²) in [6.07, 6.45) is 3.20. The van der Waals surface area contributed by atoms with Gasteiger partial charge in [0.05, 0.1) is 15.9 Å². The molecule has 0 saturated heterocycles. The average Bonchev–Trinajstić information content (AvgIpc) is 2.19. The second-order valence-corrected chi connectivity index (χ2v) is 4.95. The van der Waals surface area contributed by atoms with Gasteiger partial charge in [-0.25, -0.2) is 4.98 Å². The number of nitrogens with two attached hydrogens (primary N) is 1. The lowest BCUT2D eigenvalue weighted by Gasteiger charge is -2.12. The van der Waals surface area contributed by atoms with E-state index in [0.29, 0.717) is 16.7 Å². The van der Waals surface area contributed by atoms with Crippen LogP contribution >= 0.6 is 23.4 Å². The summed E-state index contributed by atoms with van der Waals surface area (Å²) < 4.78 is 0. The van der Waals surface area contributed by atoms with Crippen molar-refractivity contribution in [2.75, 3.05) is 0 Å². The molecule has 0 amide bonds. The Hall–Kier alpha value is -0.740. The third-order valence-corrected chi connectivity index (χ3v) is 3.43. The second-order valence-electron chi connectivity index (χ2n) is 3.19. The number of halogens is 1. The van der Waals surface area contributed by atoms with Gasteiger partial charge in [-0.15, -0.1) is 11.8 Å². The van der Waals surface area contributed by atoms with Gasteiger partial charge in [0, 0.05) is 17.9 Å². The monoisotopic (exact) mass is 243 g/mol. The number of amidine groups is 1. The molecule has 0 spiro atoms. The molecule has 1 unspecified atom stereocenters. The lowest BCUT2D eigenvalue weighted by atomic mass is 10.2. The topological polar surface area (TPSA) is 62.8 Å². The van der Waals surface area contributed by atoms with Gasteiger partial charge in [-0.3, -0.25) is 5.41 Å². The van der Waals surface area contributed by atoms with Crippen LogP contribution in [0.15, 0.2) is 23.4 Å². The molecule has 1 atom stereocenters. The lowest BCUT2D eigenvalue weighted by Crippen LogP contribution is -2.16. The zero-order chi connectivity index (χ0) is 11.3. The van der Waals surface area contributed by atoms with Crippen LogP contribution in [0.5, 0.6) is 0 Å². The number of hydrogen-bond donors (Lipinski definition) is 2. The van der Waals surface area contributed by atoms with Crippen molar-refractivity contribution < 1.29 is 0 Å². The standard InChI is InChI=1S/C10H14ClN3S/c1-2-8(5-9(12)13)15-10-4-3-7(11)6-14-10/h3-4,6,8H,2,5H2,1H3,(H3,12,13). The number of rotatable bonds is 5. The van der Waals surface area contributed by atoms with Crippen molar-refractivity contribution in [3.05, 3.63) is 23.4 Å². The van der Waals surface area contributed by atoms with E-state index in [4.69, 9.17) is 22.7 Å². The van der Waals surface area contributed by atoms with Crippen LogP contribution in [-0.4, -0.2) is 16.1 Å². The maximum absolute atomic E-state index is 7.25. The van der Waals surface area contributed by atoms with Crippen molar-refractivity contribution in [2.24, 2.45) is 5.73 Å². The van der Waals surface area contributed by atoms with Gasteiger partial charge in [0.2, 0.25) is 0 Å². The fourth-order valence-corrected chi connectivity index (χ4v) is 2.26. The molecule has 0 aliphatic rings. The number of aromatic nitrogens is 1. The van der Waals surface area contributed by atoms with E-state index in [1.807, 2.05) is 12.1 Å². The highest BCUT2D eigenvalue weighted by molar-refractivity contribution is 7.99. The van der Waals surface area contributed by atoms with Gasteiger partial charge < -0.3 is 5.73 Å². The van der Waals surface area contributed by atoms with Crippen molar-refractivity contribution >= 4 is 29.2 Å². The largest absolute Gasteiger partial charge is 0.388 e. The SMILES string of the molecule is CCC(CC(=N)N)Sc1ccc(Cl)cn1. The van der Waals surface area contributed by atoms with Crippen molar-refractivity contribution in [1.82, 2.24) is 4.98 Å². The van der Waals surface area contributed by atoms with E-state index in [2.05, 4.69) is 11.9 Å². The smallest absolute Gasteiger partial charge is 0.0963 e. The first-order valence-corrected chi connectivity index (χ1v) is 5.98. The summed E-state index contributed by atoms with van der Waals surface area (Å²) in [6, 6.07) is 3.70. The number of pyridine rings is 1. The van der Waals surface area contributed by atoms with E-state index in [0.717, 1.165) is 11.4 Å². The Morgan fingerprint density at radius 1 is 1.67 bits per heavy atom. The number of hydrogen-bond acceptors (Lipinski definition) is 3. The first-order chi connectivity index (χ1) is 7.11. The van der Waals surface area contributed by atoms with Crippen LogP contribution in [-0.2, 0) is 0 Å². The van der Waals surface area contributed by atoms with Crippen LogP contribution in [0.4, 0.5) is 0 Å². The molecule has 15 heavy (non-hydrogen) atoms. The van der Waals surface area contributed by atoms with Crippen LogP contribution in [0, 0.1) is 5.41 Å². The molecular weight excluding hydrogens is 230 g/mol. The van der Waals surface area contributed by atoms with E-state index in [-0.39, 0.29) is 5.84 Å². The average molecular weight is 244 g/mol. The molecular formula is C10H14ClN3S. The van der Waals surface area contributed by atoms with Crippen molar-refractivity contribution in [3.8, 4) is 0 Å². The molecule has 82 valence electrons. The lowest BCUT2D eigenvalue weighted by molar-refractivity contribution is 0.845. The molecule has 5 heteroatoms. The Labute approximate surface area is 98.9 Å². The summed E-state index contributed by atoms with van der Waals surface area (Å²) in [5.41, 5.74) is 5.38. The zero-order valence-electron chi connectivity index (χ0n) is 8.53. The molecule has 0 saturated carbocycles. The van der Waals surface area contributed by atoms with E-state index < -0.39 is 0 Å². The Morgan fingerprint density at radius 3 is 2.87 bits per heavy atom. The molecule has 0 aliphatic heterocycles. The van der Waals surface area contributed by atoms with Crippen molar-refractivity contribution in [3.63, 3.8) is 0 Å². The number of thioether (sulfide) groups is 1. The first-order valence-electron chi connectivity index (χ1n) is 4.73. The van der Waals surface area contributed by atoms with Crippen LogP contribution in [0.25, 0.3) is 0 Å². The maximum atomic E-state index is 7.25. The summed E-state index contributed by atoms with van der Waals surface area (Å²) in [5.74, 6) is 0.225. The highest BCUT2D eigenvalue weighted by Gasteiger charge is 2.10. The number of nitrogens with one attached hydrogen (secondary N) is 1. The zero-order valence-corrected chi connectivity index (χ0v) is 10.1. The van der Waals surface area contributed by atoms with Crippen molar-refractivity contribution in [1.29, 1.82) is 5.41 Å². The summed E-state index contributed by atoms with van der Waals surface area (Å²) in [6.45, 7) is 2.08. The fraction of sp³-hybridized carbons (Fsp3) is 0.400. The third kappa shape index (κ3) is 4.53. The van der Waals surface area contributed by atoms with E-state index in [9.17, 15) is 0 Å². The van der Waals surface area contributed by atoms with Gasteiger partial charge in [-0.1, -0.05) is 18.5 Å². The van der Waals surface area contributed by atoms with E-state index in [1.165, 1.54) is 0 Å². The van der Waals surface area contributed by atoms with Crippen LogP contribution in [0.1, 0.15) is 19.8 Å². The summed E-state index contributed by atoms with van der Waals surface area (Å²) >= 11 is 7.38. The van der Waals surface area contributed by atoms with Gasteiger partial charge in [-0.2, -0.15) is 0 Å². The molecule has 0 aliphatic carbocycles.